The van der Waals surface area contributed by atoms with E-state index in [1.165, 1.54) is 13.8 Å². The topological polar surface area (TPSA) is 114 Å². The molecular formula is C17H23NO7. The molecule has 1 aliphatic rings. The van der Waals surface area contributed by atoms with Crippen molar-refractivity contribution in [1.29, 1.82) is 0 Å². The maximum atomic E-state index is 11.5. The summed E-state index contributed by atoms with van der Waals surface area (Å²) in [6, 6.07) is 8.38. The second-order valence-corrected chi connectivity index (χ2v) is 5.81. The minimum Gasteiger partial charge on any atom is -0.457 e. The van der Waals surface area contributed by atoms with Crippen molar-refractivity contribution in [2.24, 2.45) is 0 Å². The average molecular weight is 353 g/mol. The molecule has 0 saturated carbocycles. The van der Waals surface area contributed by atoms with E-state index in [0.29, 0.717) is 0 Å². The molecule has 1 fully saturated rings. The molecule has 0 radical (unpaired) electrons. The lowest BCUT2D eigenvalue weighted by Gasteiger charge is -2.43. The predicted octanol–water partition coefficient (Wildman–Crippen LogP) is -0.282. The molecule has 1 amide bonds. The van der Waals surface area contributed by atoms with Crippen molar-refractivity contribution in [3.05, 3.63) is 35.9 Å². The van der Waals surface area contributed by atoms with Crippen LogP contribution in [0.25, 0.3) is 0 Å². The van der Waals surface area contributed by atoms with Gasteiger partial charge in [-0.2, -0.15) is 0 Å². The van der Waals surface area contributed by atoms with Crippen molar-refractivity contribution < 1.29 is 34.0 Å². The second kappa shape index (κ2) is 8.91. The Morgan fingerprint density at radius 3 is 2.48 bits per heavy atom. The molecule has 0 unspecified atom stereocenters. The maximum absolute atomic E-state index is 11.5. The van der Waals surface area contributed by atoms with Crippen molar-refractivity contribution >= 4 is 11.9 Å². The third-order valence-corrected chi connectivity index (χ3v) is 3.78. The van der Waals surface area contributed by atoms with Gasteiger partial charge in [0.15, 0.2) is 12.4 Å². The van der Waals surface area contributed by atoms with Crippen LogP contribution in [-0.4, -0.2) is 59.3 Å². The number of esters is 1. The zero-order valence-corrected chi connectivity index (χ0v) is 14.1. The van der Waals surface area contributed by atoms with Gasteiger partial charge in [0.25, 0.3) is 0 Å². The Labute approximate surface area is 145 Å². The Hall–Kier alpha value is -2.00. The van der Waals surface area contributed by atoms with E-state index >= 15 is 0 Å². The number of benzene rings is 1. The van der Waals surface area contributed by atoms with Gasteiger partial charge in [0, 0.05) is 13.8 Å². The van der Waals surface area contributed by atoms with Gasteiger partial charge in [-0.15, -0.1) is 0 Å². The van der Waals surface area contributed by atoms with Crippen LogP contribution in [0.5, 0.6) is 0 Å². The molecule has 2 rings (SSSR count). The number of nitrogens with one attached hydrogen (secondary N) is 1. The molecular weight excluding hydrogens is 330 g/mol. The van der Waals surface area contributed by atoms with Crippen LogP contribution < -0.4 is 5.32 Å². The first kappa shape index (κ1) is 19.3. The number of rotatable bonds is 6. The van der Waals surface area contributed by atoms with E-state index in [0.717, 1.165) is 5.56 Å². The molecule has 1 aromatic rings. The van der Waals surface area contributed by atoms with E-state index in [1.807, 2.05) is 30.3 Å². The van der Waals surface area contributed by atoms with Gasteiger partial charge in [-0.1, -0.05) is 30.3 Å². The number of carbonyl (C=O) groups is 2. The number of carbonyl (C=O) groups excluding carboxylic acids is 2. The first-order valence-electron chi connectivity index (χ1n) is 7.96. The molecule has 138 valence electrons. The molecule has 1 aliphatic heterocycles. The zero-order chi connectivity index (χ0) is 18.4. The van der Waals surface area contributed by atoms with Crippen molar-refractivity contribution in [2.75, 3.05) is 6.61 Å². The Kier molecular flexibility index (Phi) is 6.89. The van der Waals surface area contributed by atoms with Crippen LogP contribution >= 0.6 is 0 Å². The molecule has 1 aromatic carbocycles. The van der Waals surface area contributed by atoms with Crippen molar-refractivity contribution in [3.63, 3.8) is 0 Å². The lowest BCUT2D eigenvalue weighted by molar-refractivity contribution is -0.276. The summed E-state index contributed by atoms with van der Waals surface area (Å²) in [5.74, 6) is -1.02. The van der Waals surface area contributed by atoms with Gasteiger partial charge in [0.1, 0.15) is 18.2 Å². The van der Waals surface area contributed by atoms with Crippen LogP contribution in [0.4, 0.5) is 0 Å². The third-order valence-electron chi connectivity index (χ3n) is 3.78. The fourth-order valence-electron chi connectivity index (χ4n) is 2.68. The summed E-state index contributed by atoms with van der Waals surface area (Å²) in [4.78, 5) is 22.9. The van der Waals surface area contributed by atoms with Gasteiger partial charge in [0.2, 0.25) is 5.91 Å². The lowest BCUT2D eigenvalue weighted by atomic mass is 9.96. The summed E-state index contributed by atoms with van der Waals surface area (Å²) in [7, 11) is 0. The Morgan fingerprint density at radius 2 is 1.92 bits per heavy atom. The standard InChI is InChI=1S/C17H23NO7/c1-10(20)18-14-16(24-11(2)21)15(22)13(8-19)25-17(14)23-9-12-6-4-3-5-7-12/h3-7,13-17,19,22H,8-9H2,1-2H3,(H,18,20)/t13-,14+,15-,16-,17-/m1/s1. The predicted molar refractivity (Wildman–Crippen MR) is 86.1 cm³/mol. The highest BCUT2D eigenvalue weighted by Crippen LogP contribution is 2.25. The molecule has 0 spiro atoms. The number of aliphatic hydroxyl groups excluding tert-OH is 2. The molecule has 8 heteroatoms. The minimum absolute atomic E-state index is 0.183. The number of aliphatic hydroxyl groups is 2. The molecule has 3 N–H and O–H groups in total. The monoisotopic (exact) mass is 353 g/mol. The highest BCUT2D eigenvalue weighted by atomic mass is 16.7. The quantitative estimate of drug-likeness (QED) is 0.603. The highest BCUT2D eigenvalue weighted by Gasteiger charge is 2.48. The Balaban J connectivity index is 2.19. The van der Waals surface area contributed by atoms with E-state index in [4.69, 9.17) is 14.2 Å². The molecule has 8 nitrogen and oxygen atoms in total. The Bertz CT molecular complexity index is 580. The van der Waals surface area contributed by atoms with Gasteiger partial charge in [-0.05, 0) is 5.56 Å². The smallest absolute Gasteiger partial charge is 0.303 e. The summed E-state index contributed by atoms with van der Waals surface area (Å²) in [5.41, 5.74) is 0.878. The molecule has 25 heavy (non-hydrogen) atoms. The van der Waals surface area contributed by atoms with Crippen LogP contribution in [0, 0.1) is 0 Å². The summed E-state index contributed by atoms with van der Waals surface area (Å²) in [6.45, 7) is 2.18. The van der Waals surface area contributed by atoms with Crippen molar-refractivity contribution in [3.8, 4) is 0 Å². The summed E-state index contributed by atoms with van der Waals surface area (Å²) in [6.07, 6.45) is -4.42. The van der Waals surface area contributed by atoms with Crippen LogP contribution in [0.2, 0.25) is 0 Å². The summed E-state index contributed by atoms with van der Waals surface area (Å²) < 4.78 is 16.4. The van der Waals surface area contributed by atoms with Gasteiger partial charge in [-0.25, -0.2) is 0 Å². The molecule has 5 atom stereocenters. The summed E-state index contributed by atoms with van der Waals surface area (Å²) in [5, 5.41) is 22.3. The van der Waals surface area contributed by atoms with E-state index in [1.54, 1.807) is 0 Å². The van der Waals surface area contributed by atoms with E-state index < -0.39 is 49.1 Å². The van der Waals surface area contributed by atoms with Gasteiger partial charge >= 0.3 is 5.97 Å². The number of ether oxygens (including phenoxy) is 3. The minimum atomic E-state index is -1.30. The molecule has 0 aliphatic carbocycles. The fourth-order valence-corrected chi connectivity index (χ4v) is 2.68. The summed E-state index contributed by atoms with van der Waals surface area (Å²) >= 11 is 0. The van der Waals surface area contributed by atoms with Crippen LogP contribution in [0.15, 0.2) is 30.3 Å². The van der Waals surface area contributed by atoms with Crippen LogP contribution in [0.1, 0.15) is 19.4 Å². The highest BCUT2D eigenvalue weighted by molar-refractivity contribution is 5.73. The fraction of sp³-hybridized carbons (Fsp3) is 0.529. The van der Waals surface area contributed by atoms with Crippen molar-refractivity contribution in [1.82, 2.24) is 5.32 Å². The molecule has 1 saturated heterocycles. The Morgan fingerprint density at radius 1 is 1.24 bits per heavy atom. The maximum Gasteiger partial charge on any atom is 0.303 e. The average Bonchev–Trinajstić information content (AvgIpc) is 2.57. The molecule has 1 heterocycles. The third kappa shape index (κ3) is 5.23. The zero-order valence-electron chi connectivity index (χ0n) is 14.1. The SMILES string of the molecule is CC(=O)N[C@@H]1[C@H](OCc2ccccc2)O[C@H](CO)[C@@H](O)[C@@H]1OC(C)=O. The van der Waals surface area contributed by atoms with Crippen LogP contribution in [0.3, 0.4) is 0 Å². The van der Waals surface area contributed by atoms with Gasteiger partial charge in [0.05, 0.1) is 13.2 Å². The van der Waals surface area contributed by atoms with Crippen molar-refractivity contribution in [2.45, 2.75) is 51.1 Å². The van der Waals surface area contributed by atoms with Crippen LogP contribution in [-0.2, 0) is 30.4 Å². The normalized spacial score (nSPS) is 29.0. The lowest BCUT2D eigenvalue weighted by Crippen LogP contribution is -2.65. The number of hydrogen-bond donors (Lipinski definition) is 3. The van der Waals surface area contributed by atoms with E-state index in [2.05, 4.69) is 5.32 Å². The largest absolute Gasteiger partial charge is 0.457 e. The molecule has 0 aromatic heterocycles. The van der Waals surface area contributed by atoms with Gasteiger partial charge in [-0.3, -0.25) is 9.59 Å². The first-order valence-corrected chi connectivity index (χ1v) is 7.96. The van der Waals surface area contributed by atoms with Gasteiger partial charge < -0.3 is 29.7 Å². The number of amides is 1. The molecule has 0 bridgehead atoms. The number of hydrogen-bond acceptors (Lipinski definition) is 7. The van der Waals surface area contributed by atoms with E-state index in [9.17, 15) is 19.8 Å². The van der Waals surface area contributed by atoms with E-state index in [-0.39, 0.29) is 6.61 Å². The second-order valence-electron chi connectivity index (χ2n) is 5.81. The first-order chi connectivity index (χ1) is 11.9.